The van der Waals surface area contributed by atoms with E-state index >= 15 is 0 Å². The van der Waals surface area contributed by atoms with Gasteiger partial charge in [0, 0.05) is 45.0 Å². The van der Waals surface area contributed by atoms with Crippen molar-refractivity contribution in [2.24, 2.45) is 4.99 Å². The van der Waals surface area contributed by atoms with Crippen molar-refractivity contribution in [3.63, 3.8) is 0 Å². The molecule has 3 rings (SSSR count). The van der Waals surface area contributed by atoms with Gasteiger partial charge in [-0.3, -0.25) is 4.99 Å². The van der Waals surface area contributed by atoms with Crippen molar-refractivity contribution >= 4 is 29.9 Å². The normalized spacial score (nSPS) is 20.3. The molecule has 0 saturated carbocycles. The van der Waals surface area contributed by atoms with E-state index in [0.717, 1.165) is 69.9 Å². The van der Waals surface area contributed by atoms with E-state index in [2.05, 4.69) is 33.2 Å². The van der Waals surface area contributed by atoms with Crippen molar-refractivity contribution in [1.82, 2.24) is 15.2 Å². The number of nitrogens with one attached hydrogen (secondary N) is 1. The number of hydrogen-bond donors (Lipinski definition) is 1. The van der Waals surface area contributed by atoms with Crippen LogP contribution in [0.15, 0.2) is 23.3 Å². The Hall–Kier alpha value is -1.13. The Bertz CT molecular complexity index is 647. The van der Waals surface area contributed by atoms with Gasteiger partial charge in [-0.2, -0.15) is 0 Å². The van der Waals surface area contributed by atoms with E-state index in [0.29, 0.717) is 31.2 Å². The number of rotatable bonds is 9. The fraction of sp³-hybridized carbons (Fsp3) is 0.739. The summed E-state index contributed by atoms with van der Waals surface area (Å²) >= 11 is 0. The van der Waals surface area contributed by atoms with Gasteiger partial charge >= 0.3 is 0 Å². The number of guanidine groups is 1. The van der Waals surface area contributed by atoms with E-state index < -0.39 is 0 Å². The average Bonchev–Trinajstić information content (AvgIpc) is 2.80. The van der Waals surface area contributed by atoms with E-state index in [9.17, 15) is 0 Å². The molecule has 1 aromatic rings. The van der Waals surface area contributed by atoms with Gasteiger partial charge in [0.1, 0.15) is 0 Å². The van der Waals surface area contributed by atoms with Crippen LogP contribution in [-0.2, 0) is 16.0 Å². The van der Waals surface area contributed by atoms with Gasteiger partial charge in [0.2, 0.25) is 5.88 Å². The number of ether oxygens (including phenoxy) is 3. The summed E-state index contributed by atoms with van der Waals surface area (Å²) in [6.07, 6.45) is 10.2. The lowest BCUT2D eigenvalue weighted by Gasteiger charge is -2.35. The first-order chi connectivity index (χ1) is 14.8. The molecule has 0 radical (unpaired) electrons. The number of pyridine rings is 1. The molecule has 1 N–H and O–H groups in total. The van der Waals surface area contributed by atoms with Crippen LogP contribution >= 0.6 is 24.0 Å². The van der Waals surface area contributed by atoms with Crippen molar-refractivity contribution in [3.05, 3.63) is 23.9 Å². The third kappa shape index (κ3) is 8.73. The van der Waals surface area contributed by atoms with Crippen LogP contribution in [0.4, 0.5) is 0 Å². The number of likely N-dealkylation sites (tertiary alicyclic amines) is 1. The smallest absolute Gasteiger partial charge is 0.218 e. The van der Waals surface area contributed by atoms with Crippen molar-refractivity contribution in [2.75, 3.05) is 40.0 Å². The summed E-state index contributed by atoms with van der Waals surface area (Å²) in [5.74, 6) is 1.64. The highest BCUT2D eigenvalue weighted by Crippen LogP contribution is 2.19. The monoisotopic (exact) mass is 546 g/mol. The summed E-state index contributed by atoms with van der Waals surface area (Å²) in [4.78, 5) is 11.2. The molecule has 2 fully saturated rings. The molecule has 1 aromatic heterocycles. The summed E-state index contributed by atoms with van der Waals surface area (Å²) in [6, 6.07) is 4.01. The van der Waals surface area contributed by atoms with Gasteiger partial charge < -0.3 is 24.4 Å². The Balaban J connectivity index is 0.00000341. The maximum atomic E-state index is 6.14. The minimum absolute atomic E-state index is 0. The minimum atomic E-state index is 0. The third-order valence-electron chi connectivity index (χ3n) is 5.77. The first-order valence-electron chi connectivity index (χ1n) is 11.6. The van der Waals surface area contributed by atoms with Crippen LogP contribution in [0.25, 0.3) is 0 Å². The zero-order valence-electron chi connectivity index (χ0n) is 19.1. The predicted molar refractivity (Wildman–Crippen MR) is 134 cm³/mol. The molecule has 2 aliphatic heterocycles. The molecule has 0 bridgehead atoms. The Morgan fingerprint density at radius 2 is 2.13 bits per heavy atom. The molecule has 8 heteroatoms. The second-order valence-electron chi connectivity index (χ2n) is 8.08. The quantitative estimate of drug-likeness (QED) is 0.219. The van der Waals surface area contributed by atoms with Crippen molar-refractivity contribution < 1.29 is 14.2 Å². The van der Waals surface area contributed by atoms with Gasteiger partial charge in [-0.1, -0.05) is 19.4 Å². The highest BCUT2D eigenvalue weighted by atomic mass is 127. The molecule has 1 unspecified atom stereocenters. The summed E-state index contributed by atoms with van der Waals surface area (Å²) in [5.41, 5.74) is 1.06. The van der Waals surface area contributed by atoms with E-state index in [1.165, 1.54) is 12.8 Å². The molecule has 0 aliphatic carbocycles. The molecular weight excluding hydrogens is 507 g/mol. The molecule has 2 aliphatic rings. The molecule has 176 valence electrons. The Morgan fingerprint density at radius 3 is 2.84 bits per heavy atom. The second-order valence-corrected chi connectivity index (χ2v) is 8.08. The first-order valence-corrected chi connectivity index (χ1v) is 11.6. The highest BCUT2D eigenvalue weighted by molar-refractivity contribution is 14.0. The molecule has 1 atom stereocenters. The van der Waals surface area contributed by atoms with Crippen LogP contribution in [0.3, 0.4) is 0 Å². The predicted octanol–water partition coefficient (Wildman–Crippen LogP) is 4.00. The maximum absolute atomic E-state index is 6.14. The number of hydrogen-bond acceptors (Lipinski definition) is 5. The lowest BCUT2D eigenvalue weighted by atomic mass is 10.1. The van der Waals surface area contributed by atoms with E-state index in [-0.39, 0.29) is 24.0 Å². The Labute approximate surface area is 204 Å². The highest BCUT2D eigenvalue weighted by Gasteiger charge is 2.24. The van der Waals surface area contributed by atoms with Gasteiger partial charge in [-0.25, -0.2) is 4.98 Å². The molecule has 0 amide bonds. The van der Waals surface area contributed by atoms with E-state index in [4.69, 9.17) is 14.2 Å². The van der Waals surface area contributed by atoms with Crippen LogP contribution in [0.5, 0.6) is 5.88 Å². The minimum Gasteiger partial charge on any atom is -0.477 e. The average molecular weight is 546 g/mol. The fourth-order valence-corrected chi connectivity index (χ4v) is 3.92. The lowest BCUT2D eigenvalue weighted by Crippen LogP contribution is -2.47. The van der Waals surface area contributed by atoms with Crippen molar-refractivity contribution in [3.8, 4) is 5.88 Å². The lowest BCUT2D eigenvalue weighted by molar-refractivity contribution is -0.0721. The molecular formula is C23H39IN4O3. The van der Waals surface area contributed by atoms with Gasteiger partial charge in [-0.15, -0.1) is 24.0 Å². The summed E-state index contributed by atoms with van der Waals surface area (Å²) in [6.45, 7) is 7.03. The van der Waals surface area contributed by atoms with Gasteiger partial charge in [0.25, 0.3) is 0 Å². The van der Waals surface area contributed by atoms with Crippen LogP contribution in [0.1, 0.15) is 57.4 Å². The number of nitrogens with zero attached hydrogens (tertiary/aromatic N) is 3. The van der Waals surface area contributed by atoms with Gasteiger partial charge in [0.15, 0.2) is 5.96 Å². The van der Waals surface area contributed by atoms with E-state index in [1.807, 2.05) is 13.1 Å². The van der Waals surface area contributed by atoms with E-state index in [1.54, 1.807) is 6.20 Å². The zero-order chi connectivity index (χ0) is 21.0. The first kappa shape index (κ1) is 26.1. The summed E-state index contributed by atoms with van der Waals surface area (Å²) in [7, 11) is 1.84. The van der Waals surface area contributed by atoms with Gasteiger partial charge in [0.05, 0.1) is 25.4 Å². The molecule has 31 heavy (non-hydrogen) atoms. The van der Waals surface area contributed by atoms with Crippen LogP contribution < -0.4 is 10.1 Å². The van der Waals surface area contributed by atoms with Crippen molar-refractivity contribution in [2.45, 2.75) is 70.6 Å². The molecule has 3 heterocycles. The standard InChI is InChI=1S/C23H38N4O3.HI/c1-3-4-15-29-22-19(8-7-12-25-22)17-26-23(24-2)27-13-10-20(11-14-27)30-18-21-9-5-6-16-28-21;/h7-8,12,20-21H,3-6,9-11,13-18H2,1-2H3,(H,24,26);1H. The number of aliphatic imine (C=N–C) groups is 1. The molecule has 0 aromatic carbocycles. The Kier molecular flexibility index (Phi) is 12.5. The molecule has 2 saturated heterocycles. The second kappa shape index (κ2) is 14.8. The van der Waals surface area contributed by atoms with Crippen LogP contribution in [-0.4, -0.2) is 68.0 Å². The number of piperidine rings is 1. The summed E-state index contributed by atoms with van der Waals surface area (Å²) < 4.78 is 17.8. The fourth-order valence-electron chi connectivity index (χ4n) is 3.92. The number of halogens is 1. The number of unbranched alkanes of at least 4 members (excludes halogenated alkanes) is 1. The topological polar surface area (TPSA) is 68.2 Å². The third-order valence-corrected chi connectivity index (χ3v) is 5.77. The van der Waals surface area contributed by atoms with Crippen molar-refractivity contribution in [1.29, 1.82) is 0 Å². The largest absolute Gasteiger partial charge is 0.477 e. The molecule has 0 spiro atoms. The molecule has 7 nitrogen and oxygen atoms in total. The van der Waals surface area contributed by atoms with Crippen LogP contribution in [0, 0.1) is 0 Å². The maximum Gasteiger partial charge on any atom is 0.218 e. The summed E-state index contributed by atoms with van der Waals surface area (Å²) in [5, 5.41) is 3.48. The zero-order valence-corrected chi connectivity index (χ0v) is 21.4. The van der Waals surface area contributed by atoms with Crippen LogP contribution in [0.2, 0.25) is 0 Å². The van der Waals surface area contributed by atoms with Gasteiger partial charge in [-0.05, 0) is 44.6 Å². The number of aromatic nitrogens is 1. The SMILES string of the molecule is CCCCOc1ncccc1CNC(=NC)N1CCC(OCC2CCCCO2)CC1.I. The Morgan fingerprint density at radius 1 is 1.29 bits per heavy atom.